The number of ether oxygens (including phenoxy) is 2. The molecule has 14 heteroatoms. The Balaban J connectivity index is 1.14. The van der Waals surface area contributed by atoms with Crippen LogP contribution in [-0.4, -0.2) is 70.5 Å². The predicted molar refractivity (Wildman–Crippen MR) is 287 cm³/mol. The minimum absolute atomic E-state index is 0.122. The number of carbonyl (C=O) groups is 3. The summed E-state index contributed by atoms with van der Waals surface area (Å²) in [4.78, 5) is 44.9. The number of allylic oxidation sites excluding steroid dienone is 2. The Morgan fingerprint density at radius 2 is 1.18 bits per heavy atom. The van der Waals surface area contributed by atoms with Crippen molar-refractivity contribution in [2.24, 2.45) is 0 Å². The van der Waals surface area contributed by atoms with E-state index in [1.54, 1.807) is 48.5 Å². The van der Waals surface area contributed by atoms with E-state index in [9.17, 15) is 19.5 Å². The fraction of sp³-hybridized carbons (Fsp3) is 0.483. The lowest BCUT2D eigenvalue weighted by Gasteiger charge is -2.34. The quantitative estimate of drug-likeness (QED) is 0.0213. The van der Waals surface area contributed by atoms with Gasteiger partial charge in [-0.05, 0) is 153 Å². The highest BCUT2D eigenvalue weighted by Crippen LogP contribution is 2.51. The van der Waals surface area contributed by atoms with Crippen molar-refractivity contribution in [2.45, 2.75) is 168 Å². The summed E-state index contributed by atoms with van der Waals surface area (Å²) in [5, 5.41) is 38.2. The molecule has 2 heterocycles. The van der Waals surface area contributed by atoms with Gasteiger partial charge in [-0.1, -0.05) is 39.5 Å². The number of nitrogens with one attached hydrogen (secondary N) is 4. The lowest BCUT2D eigenvalue weighted by Crippen LogP contribution is -2.42. The number of benzene rings is 4. The maximum Gasteiger partial charge on any atom is 0.224 e. The van der Waals surface area contributed by atoms with Crippen LogP contribution < -0.4 is 51.1 Å². The summed E-state index contributed by atoms with van der Waals surface area (Å²) in [6, 6.07) is 22.6. The molecule has 3 aliphatic rings. The molecule has 14 nitrogen and oxygen atoms in total. The van der Waals surface area contributed by atoms with Gasteiger partial charge in [0, 0.05) is 58.4 Å². The first-order valence-electron chi connectivity index (χ1n) is 25.9. The minimum Gasteiger partial charge on any atom is -0.506 e. The first-order valence-corrected chi connectivity index (χ1v) is 25.9. The van der Waals surface area contributed by atoms with Gasteiger partial charge < -0.3 is 30.1 Å². The van der Waals surface area contributed by atoms with Gasteiger partial charge in [0.05, 0.1) is 52.5 Å². The highest BCUT2D eigenvalue weighted by molar-refractivity contribution is 6.52. The number of anilines is 5. The molecule has 72 heavy (non-hydrogen) atoms. The highest BCUT2D eigenvalue weighted by Gasteiger charge is 2.48. The van der Waals surface area contributed by atoms with E-state index in [0.717, 1.165) is 72.2 Å². The van der Waals surface area contributed by atoms with Crippen molar-refractivity contribution >= 4 is 57.2 Å². The second-order valence-corrected chi connectivity index (χ2v) is 21.4. The molecule has 0 saturated carbocycles. The van der Waals surface area contributed by atoms with E-state index in [-0.39, 0.29) is 82.3 Å². The number of amides is 2. The van der Waals surface area contributed by atoms with Crippen LogP contribution in [0.4, 0.5) is 28.4 Å². The molecule has 2 amide bonds. The topological polar surface area (TPSA) is 185 Å². The Hall–Kier alpha value is -6.38. The standard InChI is InChI=1S/C58H76N6O8/c1-35(2)63-37(5)57(7,8)45-31-43(47(33-49(45)63)59-51(65)19-15-11-13-17-29-71-41-25-21-39(61-69)22-26-41)53-55(67)54(56(53)68)44-32-46-50(64(36(3)4)38(6)58(46,9)10)34-48(44)60-52(66)20-16-12-14-18-30-72-42-27-23-40(62-70)24-28-42/h21-28,31-38,61-62,69-70H,11-20,29-30H2,1-10H3,(H2,59,60,65,66,67,68)/p+1. The zero-order chi connectivity index (χ0) is 52.1. The zero-order valence-corrected chi connectivity index (χ0v) is 44.0. The molecule has 7 rings (SSSR count). The molecule has 4 aromatic rings. The third-order valence-electron chi connectivity index (χ3n) is 15.4. The Labute approximate surface area is 425 Å². The molecule has 0 bridgehead atoms. The number of hydrogen-bond donors (Lipinski definition) is 7. The number of nitrogens with zero attached hydrogens (tertiary/aromatic N) is 2. The Bertz CT molecular complexity index is 2800. The number of carbonyl (C=O) groups excluding carboxylic acids is 3. The predicted octanol–water partition coefficient (Wildman–Crippen LogP) is 10.4. The summed E-state index contributed by atoms with van der Waals surface area (Å²) >= 11 is 0. The number of unbranched alkanes of at least 4 members (excludes halogenated alkanes) is 6. The Morgan fingerprint density at radius 3 is 1.67 bits per heavy atom. The summed E-state index contributed by atoms with van der Waals surface area (Å²) < 4.78 is 14.0. The van der Waals surface area contributed by atoms with Gasteiger partial charge in [0.15, 0.2) is 6.04 Å². The van der Waals surface area contributed by atoms with Gasteiger partial charge >= 0.3 is 0 Å². The summed E-state index contributed by atoms with van der Waals surface area (Å²) in [6.45, 7) is 22.9. The van der Waals surface area contributed by atoms with Crippen LogP contribution in [0, 0.1) is 0 Å². The maximum absolute atomic E-state index is 14.9. The molecule has 2 aliphatic heterocycles. The summed E-state index contributed by atoms with van der Waals surface area (Å²) in [7, 11) is 0. The van der Waals surface area contributed by atoms with Crippen molar-refractivity contribution in [3.63, 3.8) is 0 Å². The van der Waals surface area contributed by atoms with Crippen LogP contribution in [-0.2, 0) is 25.2 Å². The van der Waals surface area contributed by atoms with Crippen LogP contribution in [0.15, 0.2) is 78.6 Å². The molecule has 2 atom stereocenters. The second-order valence-electron chi connectivity index (χ2n) is 21.4. The van der Waals surface area contributed by atoms with E-state index < -0.39 is 0 Å². The zero-order valence-electron chi connectivity index (χ0n) is 44.0. The number of aliphatic hydroxyl groups excluding tert-OH is 1. The van der Waals surface area contributed by atoms with Crippen LogP contribution in [0.2, 0.25) is 0 Å². The normalized spacial score (nSPS) is 18.3. The monoisotopic (exact) mass is 986 g/mol. The van der Waals surface area contributed by atoms with Crippen LogP contribution in [0.3, 0.4) is 0 Å². The first kappa shape index (κ1) is 53.4. The summed E-state index contributed by atoms with van der Waals surface area (Å²) in [5.41, 5.74) is 9.58. The molecule has 4 aromatic carbocycles. The largest absolute Gasteiger partial charge is 0.506 e. The molecule has 0 saturated heterocycles. The average Bonchev–Trinajstić information content (AvgIpc) is 3.66. The molecule has 7 N–H and O–H groups in total. The van der Waals surface area contributed by atoms with Crippen LogP contribution >= 0.6 is 0 Å². The molecule has 0 radical (unpaired) electrons. The fourth-order valence-electron chi connectivity index (χ4n) is 10.7. The van der Waals surface area contributed by atoms with Gasteiger partial charge in [0.25, 0.3) is 0 Å². The van der Waals surface area contributed by atoms with Crippen LogP contribution in [0.1, 0.15) is 150 Å². The van der Waals surface area contributed by atoms with Crippen LogP contribution in [0.5, 0.6) is 11.5 Å². The molecule has 1 aliphatic carbocycles. The van der Waals surface area contributed by atoms with Gasteiger partial charge in [-0.2, -0.15) is 0 Å². The molecule has 0 aromatic heterocycles. The van der Waals surface area contributed by atoms with Crippen LogP contribution in [0.25, 0.3) is 11.1 Å². The SMILES string of the molecule is CC(C)N1c2cc(NC(=O)CCCCCCOc3ccc(NO)cc3)c(C3=C(O)/C(=c4/cc5c(cc4NC(=O)CCCCCCOc4ccc(NO)cc4)=[N+](C(C)C)C(C)C5(C)C)C3=O)cc2C(C)(C)C1C. The van der Waals surface area contributed by atoms with E-state index in [1.165, 1.54) is 0 Å². The Morgan fingerprint density at radius 1 is 0.667 bits per heavy atom. The number of aliphatic hydroxyl groups is 1. The number of hydrogen-bond acceptors (Lipinski definition) is 11. The van der Waals surface area contributed by atoms with E-state index in [2.05, 4.69) is 100 Å². The third-order valence-corrected chi connectivity index (χ3v) is 15.4. The minimum atomic E-state index is -0.348. The molecule has 0 spiro atoms. The second kappa shape index (κ2) is 22.6. The number of fused-ring (bicyclic) bond motifs is 2. The Kier molecular flexibility index (Phi) is 16.8. The van der Waals surface area contributed by atoms with Gasteiger partial charge in [0.2, 0.25) is 23.0 Å². The highest BCUT2D eigenvalue weighted by atomic mass is 16.5. The van der Waals surface area contributed by atoms with Gasteiger partial charge in [-0.3, -0.25) is 35.8 Å². The van der Waals surface area contributed by atoms with Crippen molar-refractivity contribution in [1.82, 2.24) is 4.58 Å². The first-order chi connectivity index (χ1) is 34.3. The third kappa shape index (κ3) is 11.1. The van der Waals surface area contributed by atoms with Gasteiger partial charge in [-0.15, -0.1) is 0 Å². The van der Waals surface area contributed by atoms with E-state index in [1.807, 2.05) is 24.3 Å². The molecular formula is C58H77N6O8+. The molecule has 386 valence electrons. The van der Waals surface area contributed by atoms with Gasteiger partial charge in [0.1, 0.15) is 23.3 Å². The number of rotatable bonds is 23. The molecule has 0 fully saturated rings. The van der Waals surface area contributed by atoms with Crippen molar-refractivity contribution < 1.29 is 39.4 Å². The summed E-state index contributed by atoms with van der Waals surface area (Å²) in [5.74, 6) is 0.587. The lowest BCUT2D eigenvalue weighted by molar-refractivity contribution is -0.117. The summed E-state index contributed by atoms with van der Waals surface area (Å²) in [6.07, 6.45) is 6.99. The fourth-order valence-corrected chi connectivity index (χ4v) is 10.7. The smallest absolute Gasteiger partial charge is 0.224 e. The van der Waals surface area contributed by atoms with E-state index >= 15 is 0 Å². The van der Waals surface area contributed by atoms with Crippen molar-refractivity contribution in [3.8, 4) is 11.5 Å². The van der Waals surface area contributed by atoms with Crippen molar-refractivity contribution in [2.75, 3.05) is 39.7 Å². The lowest BCUT2D eigenvalue weighted by atomic mass is 9.76. The maximum atomic E-state index is 14.9. The van der Waals surface area contributed by atoms with Crippen molar-refractivity contribution in [1.29, 1.82) is 0 Å². The number of ketones is 1. The number of Topliss-reactive ketones (excluding diaryl/α,β-unsaturated/α-hetero) is 1. The molecular weight excluding hydrogens is 909 g/mol. The van der Waals surface area contributed by atoms with Crippen molar-refractivity contribution in [3.05, 3.63) is 106 Å². The van der Waals surface area contributed by atoms with E-state index in [0.29, 0.717) is 59.6 Å². The van der Waals surface area contributed by atoms with Gasteiger partial charge in [-0.25, -0.2) is 4.58 Å². The average molecular weight is 986 g/mol. The molecule has 2 unspecified atom stereocenters. The van der Waals surface area contributed by atoms with E-state index in [4.69, 9.17) is 19.9 Å².